The zero-order chi connectivity index (χ0) is 65.3. The van der Waals surface area contributed by atoms with E-state index in [1.807, 2.05) is 52.8 Å². The molecule has 2 bridgehead atoms. The Kier molecular flexibility index (Phi) is 26.7. The summed E-state index contributed by atoms with van der Waals surface area (Å²) in [6.07, 6.45) is 2.32. The largest absolute Gasteiger partial charge is 0.391 e. The van der Waals surface area contributed by atoms with Crippen LogP contribution < -0.4 is 16.0 Å². The van der Waals surface area contributed by atoms with Crippen LogP contribution in [0, 0.1) is 17.8 Å². The number of hydrogen-bond donors (Lipinski definition) is 4. The number of piperidine rings is 1. The molecule has 2 aliphatic rings. The number of imide groups is 1. The van der Waals surface area contributed by atoms with Gasteiger partial charge in [0.2, 0.25) is 47.3 Å². The van der Waals surface area contributed by atoms with Gasteiger partial charge in [-0.15, -0.1) is 0 Å². The highest BCUT2D eigenvalue weighted by molar-refractivity contribution is 6.02. The Labute approximate surface area is 521 Å². The van der Waals surface area contributed by atoms with Gasteiger partial charge in [0.25, 0.3) is 5.91 Å². The molecule has 21 nitrogen and oxygen atoms in total. The van der Waals surface area contributed by atoms with Crippen molar-refractivity contribution in [2.75, 3.05) is 55.4 Å². The molecule has 0 spiro atoms. The van der Waals surface area contributed by atoms with Gasteiger partial charge >= 0.3 is 6.03 Å². The quantitative estimate of drug-likeness (QED) is 0.179. The van der Waals surface area contributed by atoms with Crippen LogP contribution >= 0.6 is 0 Å². The summed E-state index contributed by atoms with van der Waals surface area (Å²) in [5, 5.41) is 19.2. The van der Waals surface area contributed by atoms with E-state index >= 15 is 14.4 Å². The van der Waals surface area contributed by atoms with Crippen molar-refractivity contribution in [3.05, 3.63) is 107 Å². The highest BCUT2D eigenvalue weighted by Crippen LogP contribution is 2.26. The first-order valence-electron chi connectivity index (χ1n) is 31.2. The van der Waals surface area contributed by atoms with Crippen LogP contribution in [0.15, 0.2) is 84.9 Å². The average molecular weight is 1220 g/mol. The minimum atomic E-state index is -1.47. The van der Waals surface area contributed by atoms with Crippen LogP contribution in [0.25, 0.3) is 0 Å². The first-order chi connectivity index (χ1) is 41.6. The fourth-order valence-electron chi connectivity index (χ4n) is 11.6. The molecule has 21 heteroatoms. The van der Waals surface area contributed by atoms with Gasteiger partial charge in [-0.05, 0) is 98.8 Å². The summed E-state index contributed by atoms with van der Waals surface area (Å²) in [7, 11) is 8.60. The van der Waals surface area contributed by atoms with Crippen LogP contribution in [0.5, 0.6) is 0 Å². The zero-order valence-electron chi connectivity index (χ0n) is 54.4. The minimum Gasteiger partial charge on any atom is -0.391 e. The topological polar surface area (TPSA) is 250 Å². The Balaban J connectivity index is 1.64. The van der Waals surface area contributed by atoms with Crippen LogP contribution in [0.1, 0.15) is 135 Å². The number of hydrogen-bond acceptors (Lipinski definition) is 11. The second-order valence-corrected chi connectivity index (χ2v) is 25.1. The molecule has 0 aliphatic carbocycles. The van der Waals surface area contributed by atoms with Gasteiger partial charge in [-0.25, -0.2) is 4.79 Å². The van der Waals surface area contributed by atoms with Crippen LogP contribution in [-0.2, 0) is 62.4 Å². The maximum Gasteiger partial charge on any atom is 0.324 e. The van der Waals surface area contributed by atoms with Crippen molar-refractivity contribution in [1.29, 1.82) is 0 Å². The van der Waals surface area contributed by atoms with Crippen molar-refractivity contribution >= 4 is 59.2 Å². The van der Waals surface area contributed by atoms with E-state index in [4.69, 9.17) is 0 Å². The molecule has 482 valence electrons. The lowest BCUT2D eigenvalue weighted by molar-refractivity contribution is -0.154. The van der Waals surface area contributed by atoms with E-state index in [2.05, 4.69) is 16.0 Å². The summed E-state index contributed by atoms with van der Waals surface area (Å²) in [6, 6.07) is 14.2. The van der Waals surface area contributed by atoms with Crippen molar-refractivity contribution in [2.45, 2.75) is 180 Å². The number of nitrogens with zero attached hydrogens (tertiary/aromatic N) is 7. The van der Waals surface area contributed by atoms with E-state index in [0.717, 1.165) is 34.6 Å². The average Bonchev–Trinajstić information content (AvgIpc) is 3.59. The van der Waals surface area contributed by atoms with E-state index in [-0.39, 0.29) is 56.3 Å². The normalized spacial score (nSPS) is 24.6. The number of benzene rings is 3. The number of aryl methyl sites for hydroxylation is 1. The lowest BCUT2D eigenvalue weighted by atomic mass is 9.94. The molecule has 3 aromatic rings. The molecule has 2 heterocycles. The lowest BCUT2D eigenvalue weighted by Gasteiger charge is -2.39. The lowest BCUT2D eigenvalue weighted by Crippen LogP contribution is -2.61. The molecule has 3 aromatic carbocycles. The predicted octanol–water partition coefficient (Wildman–Crippen LogP) is 5.37. The monoisotopic (exact) mass is 1220 g/mol. The number of aliphatic hydroxyl groups is 1. The zero-order valence-corrected chi connectivity index (χ0v) is 54.4. The Morgan fingerprint density at radius 3 is 1.56 bits per heavy atom. The van der Waals surface area contributed by atoms with Crippen LogP contribution in [0.3, 0.4) is 0 Å². The second-order valence-electron chi connectivity index (χ2n) is 25.1. The van der Waals surface area contributed by atoms with Crippen LogP contribution in [0.2, 0.25) is 0 Å². The number of likely N-dealkylation sites (tertiary alicyclic amines) is 1. The molecule has 5 unspecified atom stereocenters. The number of likely N-dealkylation sites (N-methyl/N-ethyl adjacent to an activating group) is 6. The molecule has 5 rings (SSSR count). The molecule has 0 aromatic heterocycles. The summed E-state index contributed by atoms with van der Waals surface area (Å²) in [6.45, 7) is 15.0. The number of amides is 11. The molecule has 4 N–H and O–H groups in total. The number of rotatable bonds is 12. The first kappa shape index (κ1) is 71.1. The van der Waals surface area contributed by atoms with E-state index in [1.54, 1.807) is 78.6 Å². The highest BCUT2D eigenvalue weighted by atomic mass is 16.3. The van der Waals surface area contributed by atoms with Crippen molar-refractivity contribution in [3.63, 3.8) is 0 Å². The molecule has 0 saturated carbocycles. The number of aliphatic hydroxyl groups excluding tert-OH is 1. The third kappa shape index (κ3) is 18.7. The maximum atomic E-state index is 15.4. The van der Waals surface area contributed by atoms with Gasteiger partial charge in [0.05, 0.1) is 6.10 Å². The number of urea groups is 1. The van der Waals surface area contributed by atoms with Crippen molar-refractivity contribution in [1.82, 2.24) is 50.2 Å². The molecular formula is C67H98N10O11. The summed E-state index contributed by atoms with van der Waals surface area (Å²) >= 11 is 0. The standard InChI is InChI=1S/C67H98N10O11/c1-15-44(6)58-66(87)73(11)51(37-42(2)3)59(80)69-57(65(86)77-35-23-18-24-36-77)50-33-25-31-47(39-50)32-26-34-55(79)68-56(46(8)78)64(85)71(9)45(7)61(82)74(12)53(40-48-27-19-16-20-28-48)63(84)75(13)54(41-49-29-21-17-22-30-49)62(83)72(10)52(38-43(4)5)60(81)70-67(88)76(58)14/h16-17,19-22,25,27-31,33,39,42-46,51-54,56-58,78H,15,18,23-24,26,32,34-38,40-41H2,1-14H3,(H,68,79)(H,69,80)(H,70,81,88)/t44?,45-,46+,51?,52-,53?,54-,56?,57-,58?/m0/s1. The third-order valence-corrected chi connectivity index (χ3v) is 17.5. The van der Waals surface area contributed by atoms with Gasteiger partial charge in [0.1, 0.15) is 48.3 Å². The Morgan fingerprint density at radius 1 is 0.545 bits per heavy atom. The SMILES string of the molecule is CCC(C)C1C(=O)N(C)C(CC(C)C)C(=O)N[C@H](C(=O)N2CCCCC2)c2cccc(c2)CCCC(=O)NC([C@@H](C)O)C(=O)N(C)[C@@H](C)C(=O)N(C)C(Cc2ccccc2)C(=O)N(C)[C@@H](Cc2ccccc2)C(=O)N(C)[C@@H](CC(C)C)C(=O)NC(=O)N1C. The van der Waals surface area contributed by atoms with Crippen molar-refractivity contribution < 1.29 is 53.1 Å². The smallest absolute Gasteiger partial charge is 0.324 e. The van der Waals surface area contributed by atoms with E-state index in [9.17, 15) is 38.7 Å². The predicted molar refractivity (Wildman–Crippen MR) is 337 cm³/mol. The Hall–Kier alpha value is -7.68. The summed E-state index contributed by atoms with van der Waals surface area (Å²) in [5.41, 5.74) is 2.60. The molecule has 11 amide bonds. The molecule has 88 heavy (non-hydrogen) atoms. The van der Waals surface area contributed by atoms with Crippen molar-refractivity contribution in [3.8, 4) is 0 Å². The Morgan fingerprint density at radius 2 is 1.05 bits per heavy atom. The number of fused-ring (bicyclic) bond motifs is 2. The van der Waals surface area contributed by atoms with Gasteiger partial charge in [-0.3, -0.25) is 48.5 Å². The fraction of sp³-hybridized carbons (Fsp3) is 0.582. The number of carbonyl (C=O) groups is 10. The van der Waals surface area contributed by atoms with Gasteiger partial charge in [-0.1, -0.05) is 133 Å². The summed E-state index contributed by atoms with van der Waals surface area (Å²) in [4.78, 5) is 157. The van der Waals surface area contributed by atoms with E-state index < -0.39 is 114 Å². The number of carbonyl (C=O) groups excluding carboxylic acids is 10. The first-order valence-corrected chi connectivity index (χ1v) is 31.2. The molecular weight excluding hydrogens is 1120 g/mol. The highest BCUT2D eigenvalue weighted by Gasteiger charge is 2.44. The molecule has 1 saturated heterocycles. The van der Waals surface area contributed by atoms with Gasteiger partial charge in [-0.2, -0.15) is 0 Å². The maximum absolute atomic E-state index is 15.4. The summed E-state index contributed by atoms with van der Waals surface area (Å²) in [5.74, 6) is -6.42. The molecule has 0 radical (unpaired) electrons. The minimum absolute atomic E-state index is 0.0117. The van der Waals surface area contributed by atoms with Crippen LogP contribution in [0.4, 0.5) is 4.79 Å². The Bertz CT molecular complexity index is 2880. The molecule has 1 fully saturated rings. The third-order valence-electron chi connectivity index (χ3n) is 17.5. The number of nitrogens with one attached hydrogen (secondary N) is 3. The van der Waals surface area contributed by atoms with Crippen LogP contribution in [-0.4, -0.2) is 202 Å². The van der Waals surface area contributed by atoms with Gasteiger partial charge < -0.3 is 50.0 Å². The van der Waals surface area contributed by atoms with E-state index in [0.29, 0.717) is 42.6 Å². The fourth-order valence-corrected chi connectivity index (χ4v) is 11.6. The van der Waals surface area contributed by atoms with Gasteiger partial charge in [0, 0.05) is 74.6 Å². The van der Waals surface area contributed by atoms with Crippen molar-refractivity contribution in [2.24, 2.45) is 17.8 Å². The van der Waals surface area contributed by atoms with E-state index in [1.165, 1.54) is 75.7 Å². The van der Waals surface area contributed by atoms with Gasteiger partial charge in [0.15, 0.2) is 0 Å². The second kappa shape index (κ2) is 33.1. The summed E-state index contributed by atoms with van der Waals surface area (Å²) < 4.78 is 0. The molecule has 2 aliphatic heterocycles. The molecule has 10 atom stereocenters.